The minimum Gasteiger partial charge on any atom is -0.336 e. The van der Waals surface area contributed by atoms with Crippen LogP contribution in [0.1, 0.15) is 5.56 Å². The van der Waals surface area contributed by atoms with Gasteiger partial charge in [0.25, 0.3) is 0 Å². The van der Waals surface area contributed by atoms with Crippen molar-refractivity contribution in [1.29, 1.82) is 0 Å². The zero-order valence-electron chi connectivity index (χ0n) is 15.0. The monoisotopic (exact) mass is 394 g/mol. The van der Waals surface area contributed by atoms with E-state index in [0.717, 1.165) is 11.1 Å². The molecular weight excluding hydrogens is 376 g/mol. The first kappa shape index (κ1) is 18.2. The molecule has 1 aromatic carbocycles. The number of urea groups is 1. The van der Waals surface area contributed by atoms with E-state index in [1.165, 1.54) is 16.7 Å². The van der Waals surface area contributed by atoms with Crippen LogP contribution in [0.25, 0.3) is 11.4 Å². The van der Waals surface area contributed by atoms with E-state index in [1.807, 2.05) is 47.0 Å². The van der Waals surface area contributed by atoms with Crippen LogP contribution in [0.4, 0.5) is 4.79 Å². The fraction of sp³-hybridized carbons (Fsp3) is 0.211. The number of rotatable bonds is 6. The minimum absolute atomic E-state index is 0.118. The van der Waals surface area contributed by atoms with Gasteiger partial charge in [-0.3, -0.25) is 19.2 Å². The molecule has 0 radical (unpaired) electrons. The number of amides is 3. The third kappa shape index (κ3) is 3.89. The molecule has 1 saturated heterocycles. The van der Waals surface area contributed by atoms with Gasteiger partial charge in [-0.15, -0.1) is 10.2 Å². The first-order valence-electron chi connectivity index (χ1n) is 8.81. The molecule has 0 unspecified atom stereocenters. The number of carbonyl (C=O) groups is 2. The van der Waals surface area contributed by atoms with Crippen LogP contribution in [0.3, 0.4) is 0 Å². The van der Waals surface area contributed by atoms with Crippen LogP contribution in [-0.2, 0) is 11.3 Å². The number of aromatic nitrogens is 4. The van der Waals surface area contributed by atoms with Gasteiger partial charge in [0.2, 0.25) is 5.91 Å². The third-order valence-electron chi connectivity index (χ3n) is 4.30. The standard InChI is InChI=1S/C19H18N6O2S/c26-16(24-10-9-21-18(24)27)13-28-19-23-22-17(15-7-4-8-20-11-15)25(19)12-14-5-2-1-3-6-14/h1-8,11H,9-10,12-13H2,(H,21,27). The van der Waals surface area contributed by atoms with Crippen molar-refractivity contribution in [3.63, 3.8) is 0 Å². The third-order valence-corrected chi connectivity index (χ3v) is 5.25. The summed E-state index contributed by atoms with van der Waals surface area (Å²) in [5, 5.41) is 11.9. The second kappa shape index (κ2) is 8.22. The molecule has 1 aliphatic heterocycles. The number of nitrogens with zero attached hydrogens (tertiary/aromatic N) is 5. The summed E-state index contributed by atoms with van der Waals surface area (Å²) in [4.78, 5) is 29.4. The molecule has 9 heteroatoms. The SMILES string of the molecule is O=C(CSc1nnc(-c2cccnc2)n1Cc1ccccc1)N1CCNC1=O. The molecule has 8 nitrogen and oxygen atoms in total. The Morgan fingerprint density at radius 1 is 1.14 bits per heavy atom. The zero-order chi connectivity index (χ0) is 19.3. The predicted octanol–water partition coefficient (Wildman–Crippen LogP) is 2.03. The van der Waals surface area contributed by atoms with E-state index in [-0.39, 0.29) is 17.7 Å². The molecule has 3 amide bonds. The lowest BCUT2D eigenvalue weighted by atomic mass is 10.2. The Morgan fingerprint density at radius 2 is 2.00 bits per heavy atom. The van der Waals surface area contributed by atoms with Gasteiger partial charge in [0.15, 0.2) is 11.0 Å². The maximum absolute atomic E-state index is 12.4. The number of hydrogen-bond acceptors (Lipinski definition) is 6. The lowest BCUT2D eigenvalue weighted by Gasteiger charge is -2.13. The molecule has 2 aromatic heterocycles. The Balaban J connectivity index is 1.58. The summed E-state index contributed by atoms with van der Waals surface area (Å²) in [6, 6.07) is 13.4. The van der Waals surface area contributed by atoms with E-state index in [2.05, 4.69) is 20.5 Å². The molecule has 1 N–H and O–H groups in total. The van der Waals surface area contributed by atoms with E-state index < -0.39 is 0 Å². The Hall–Kier alpha value is -3.20. The van der Waals surface area contributed by atoms with Crippen molar-refractivity contribution < 1.29 is 9.59 Å². The molecule has 4 rings (SSSR count). The highest BCUT2D eigenvalue weighted by Gasteiger charge is 2.26. The van der Waals surface area contributed by atoms with Gasteiger partial charge in [-0.1, -0.05) is 42.1 Å². The van der Waals surface area contributed by atoms with Gasteiger partial charge in [0.05, 0.1) is 12.3 Å². The second-order valence-corrected chi connectivity index (χ2v) is 7.13. The van der Waals surface area contributed by atoms with Gasteiger partial charge in [0, 0.05) is 31.0 Å². The lowest BCUT2D eigenvalue weighted by Crippen LogP contribution is -2.35. The van der Waals surface area contributed by atoms with E-state index in [4.69, 9.17) is 0 Å². The maximum atomic E-state index is 12.4. The summed E-state index contributed by atoms with van der Waals surface area (Å²) in [6.07, 6.45) is 3.44. The smallest absolute Gasteiger partial charge is 0.324 e. The van der Waals surface area contributed by atoms with Crippen LogP contribution in [0.15, 0.2) is 60.0 Å². The summed E-state index contributed by atoms with van der Waals surface area (Å²) >= 11 is 1.28. The van der Waals surface area contributed by atoms with Crippen molar-refractivity contribution in [2.75, 3.05) is 18.8 Å². The zero-order valence-corrected chi connectivity index (χ0v) is 15.8. The van der Waals surface area contributed by atoms with Crippen LogP contribution in [-0.4, -0.2) is 55.4 Å². The number of carbonyl (C=O) groups excluding carboxylic acids is 2. The molecular formula is C19H18N6O2S. The van der Waals surface area contributed by atoms with Crippen LogP contribution >= 0.6 is 11.8 Å². The molecule has 0 bridgehead atoms. The Kier molecular flexibility index (Phi) is 5.34. The molecule has 0 atom stereocenters. The molecule has 142 valence electrons. The average Bonchev–Trinajstić information content (AvgIpc) is 3.34. The molecule has 1 fully saturated rings. The Bertz CT molecular complexity index is 977. The average molecular weight is 394 g/mol. The number of thioether (sulfide) groups is 1. The number of hydrogen-bond donors (Lipinski definition) is 1. The number of benzene rings is 1. The highest BCUT2D eigenvalue weighted by molar-refractivity contribution is 7.99. The normalized spacial score (nSPS) is 13.6. The van der Waals surface area contributed by atoms with Gasteiger partial charge >= 0.3 is 6.03 Å². The van der Waals surface area contributed by atoms with Gasteiger partial charge in [-0.2, -0.15) is 0 Å². The highest BCUT2D eigenvalue weighted by Crippen LogP contribution is 2.25. The summed E-state index contributed by atoms with van der Waals surface area (Å²) in [5.74, 6) is 0.566. The fourth-order valence-electron chi connectivity index (χ4n) is 2.93. The summed E-state index contributed by atoms with van der Waals surface area (Å²) < 4.78 is 1.97. The van der Waals surface area contributed by atoms with Crippen molar-refractivity contribution >= 4 is 23.7 Å². The molecule has 3 aromatic rings. The lowest BCUT2D eigenvalue weighted by molar-refractivity contribution is -0.124. The van der Waals surface area contributed by atoms with Crippen LogP contribution in [0.2, 0.25) is 0 Å². The van der Waals surface area contributed by atoms with Crippen LogP contribution in [0.5, 0.6) is 0 Å². The van der Waals surface area contributed by atoms with Crippen molar-refractivity contribution in [3.05, 3.63) is 60.4 Å². The predicted molar refractivity (Wildman–Crippen MR) is 105 cm³/mol. The minimum atomic E-state index is -0.340. The van der Waals surface area contributed by atoms with E-state index in [0.29, 0.717) is 30.6 Å². The molecule has 0 spiro atoms. The second-order valence-electron chi connectivity index (χ2n) is 6.19. The topological polar surface area (TPSA) is 93.0 Å². The van der Waals surface area contributed by atoms with Gasteiger partial charge in [-0.25, -0.2) is 4.79 Å². The van der Waals surface area contributed by atoms with Crippen LogP contribution in [0, 0.1) is 0 Å². The molecule has 0 aliphatic carbocycles. The fourth-order valence-corrected chi connectivity index (χ4v) is 3.74. The van der Waals surface area contributed by atoms with Crippen molar-refractivity contribution in [2.24, 2.45) is 0 Å². The molecule has 1 aliphatic rings. The van der Waals surface area contributed by atoms with Gasteiger partial charge in [-0.05, 0) is 17.7 Å². The summed E-state index contributed by atoms with van der Waals surface area (Å²) in [5.41, 5.74) is 1.95. The first-order chi connectivity index (χ1) is 13.7. The molecule has 3 heterocycles. The molecule has 0 saturated carbocycles. The van der Waals surface area contributed by atoms with Crippen LogP contribution < -0.4 is 5.32 Å². The maximum Gasteiger partial charge on any atom is 0.324 e. The Labute approximate surface area is 166 Å². The highest BCUT2D eigenvalue weighted by atomic mass is 32.2. The van der Waals surface area contributed by atoms with Crippen molar-refractivity contribution in [1.82, 2.24) is 30.0 Å². The van der Waals surface area contributed by atoms with Crippen molar-refractivity contribution in [3.8, 4) is 11.4 Å². The number of imide groups is 1. The van der Waals surface area contributed by atoms with Gasteiger partial charge < -0.3 is 5.32 Å². The number of nitrogens with one attached hydrogen (secondary N) is 1. The van der Waals surface area contributed by atoms with E-state index in [1.54, 1.807) is 12.4 Å². The van der Waals surface area contributed by atoms with E-state index in [9.17, 15) is 9.59 Å². The largest absolute Gasteiger partial charge is 0.336 e. The van der Waals surface area contributed by atoms with E-state index >= 15 is 0 Å². The quantitative estimate of drug-likeness (QED) is 0.643. The van der Waals surface area contributed by atoms with Gasteiger partial charge in [0.1, 0.15) is 0 Å². The van der Waals surface area contributed by atoms with Crippen molar-refractivity contribution in [2.45, 2.75) is 11.7 Å². The summed E-state index contributed by atoms with van der Waals surface area (Å²) in [7, 11) is 0. The Morgan fingerprint density at radius 3 is 2.71 bits per heavy atom. The number of pyridine rings is 1. The first-order valence-corrected chi connectivity index (χ1v) is 9.79. The molecule has 28 heavy (non-hydrogen) atoms. The summed E-state index contributed by atoms with van der Waals surface area (Å²) in [6.45, 7) is 1.46.